The van der Waals surface area contributed by atoms with E-state index in [4.69, 9.17) is 10.2 Å². The number of nitrogens with zero attached hydrogens (tertiary/aromatic N) is 1. The Labute approximate surface area is 71.2 Å². The average molecular weight is 167 g/mol. The first-order valence-electron chi connectivity index (χ1n) is 4.28. The lowest BCUT2D eigenvalue weighted by Gasteiger charge is -2.25. The van der Waals surface area contributed by atoms with E-state index in [0.29, 0.717) is 6.04 Å². The molecule has 4 heteroatoms. The molecule has 0 amide bonds. The lowest BCUT2D eigenvalue weighted by Crippen LogP contribution is -2.34. The van der Waals surface area contributed by atoms with Crippen LogP contribution in [0.25, 0.3) is 0 Å². The van der Waals surface area contributed by atoms with E-state index in [-0.39, 0.29) is 6.01 Å². The molecule has 0 atom stereocenters. The zero-order valence-electron chi connectivity index (χ0n) is 6.92. The van der Waals surface area contributed by atoms with Gasteiger partial charge in [-0.2, -0.15) is 0 Å². The summed E-state index contributed by atoms with van der Waals surface area (Å²) in [5, 5.41) is 3.36. The topological polar surface area (TPSA) is 64.1 Å². The van der Waals surface area contributed by atoms with E-state index in [0.717, 1.165) is 12.3 Å². The molecule has 1 saturated carbocycles. The van der Waals surface area contributed by atoms with Crippen molar-refractivity contribution in [2.75, 3.05) is 5.73 Å². The molecule has 4 nitrogen and oxygen atoms in total. The Bertz CT molecular complexity index is 255. The van der Waals surface area contributed by atoms with Crippen LogP contribution in [0.3, 0.4) is 0 Å². The van der Waals surface area contributed by atoms with Crippen LogP contribution in [0.1, 0.15) is 25.0 Å². The van der Waals surface area contributed by atoms with Gasteiger partial charge in [0.25, 0.3) is 6.01 Å². The van der Waals surface area contributed by atoms with Crippen LogP contribution in [-0.4, -0.2) is 11.0 Å². The number of nitrogens with one attached hydrogen (secondary N) is 1. The molecular formula is C8H13N3O. The lowest BCUT2D eigenvalue weighted by atomic mass is 9.93. The molecular weight excluding hydrogens is 154 g/mol. The van der Waals surface area contributed by atoms with Crippen molar-refractivity contribution in [1.82, 2.24) is 10.3 Å². The number of nitrogen functional groups attached to an aromatic ring is 1. The molecule has 0 aromatic carbocycles. The number of aromatic nitrogens is 1. The molecule has 66 valence electrons. The molecule has 0 spiro atoms. The van der Waals surface area contributed by atoms with Gasteiger partial charge in [0.2, 0.25) is 0 Å². The first-order valence-corrected chi connectivity index (χ1v) is 4.28. The largest absolute Gasteiger partial charge is 0.428 e. The van der Waals surface area contributed by atoms with Crippen LogP contribution in [0.15, 0.2) is 10.6 Å². The molecule has 1 aromatic heterocycles. The Morgan fingerprint density at radius 3 is 3.00 bits per heavy atom. The predicted octanol–water partition coefficient (Wildman–Crippen LogP) is 0.899. The fourth-order valence-electron chi connectivity index (χ4n) is 1.26. The summed E-state index contributed by atoms with van der Waals surface area (Å²) in [6, 6.07) is 0.928. The van der Waals surface area contributed by atoms with Crippen LogP contribution in [0.2, 0.25) is 0 Å². The van der Waals surface area contributed by atoms with Crippen molar-refractivity contribution in [1.29, 1.82) is 0 Å². The van der Waals surface area contributed by atoms with E-state index in [1.807, 2.05) is 0 Å². The Morgan fingerprint density at radius 1 is 1.67 bits per heavy atom. The molecule has 1 aromatic rings. The number of hydrogen-bond donors (Lipinski definition) is 2. The number of oxazole rings is 1. The first-order chi connectivity index (χ1) is 5.84. The van der Waals surface area contributed by atoms with Gasteiger partial charge in [0.05, 0.1) is 12.7 Å². The van der Waals surface area contributed by atoms with E-state index in [9.17, 15) is 0 Å². The maximum Gasteiger partial charge on any atom is 0.292 e. The summed E-state index contributed by atoms with van der Waals surface area (Å²) in [7, 11) is 0. The second kappa shape index (κ2) is 3.15. The third-order valence-corrected chi connectivity index (χ3v) is 2.24. The first kappa shape index (κ1) is 7.61. The normalized spacial score (nSPS) is 17.7. The van der Waals surface area contributed by atoms with Crippen LogP contribution in [0.5, 0.6) is 0 Å². The number of nitrogens with two attached hydrogens (primary N) is 1. The molecule has 0 saturated heterocycles. The zero-order chi connectivity index (χ0) is 8.39. The average Bonchev–Trinajstić information content (AvgIpc) is 2.32. The van der Waals surface area contributed by atoms with Gasteiger partial charge in [0.15, 0.2) is 0 Å². The Morgan fingerprint density at radius 2 is 2.50 bits per heavy atom. The molecule has 3 N–H and O–H groups in total. The van der Waals surface area contributed by atoms with Crippen molar-refractivity contribution >= 4 is 6.01 Å². The molecule has 1 fully saturated rings. The van der Waals surface area contributed by atoms with Gasteiger partial charge in [0, 0.05) is 6.04 Å². The highest BCUT2D eigenvalue weighted by atomic mass is 16.4. The van der Waals surface area contributed by atoms with Crippen LogP contribution in [0.4, 0.5) is 6.01 Å². The van der Waals surface area contributed by atoms with Crippen LogP contribution in [-0.2, 0) is 6.54 Å². The second-order valence-electron chi connectivity index (χ2n) is 3.17. The zero-order valence-corrected chi connectivity index (χ0v) is 6.92. The van der Waals surface area contributed by atoms with Gasteiger partial charge < -0.3 is 15.5 Å². The fraction of sp³-hybridized carbons (Fsp3) is 0.625. The molecule has 1 aliphatic carbocycles. The third kappa shape index (κ3) is 1.58. The van der Waals surface area contributed by atoms with Crippen molar-refractivity contribution < 1.29 is 4.42 Å². The smallest absolute Gasteiger partial charge is 0.292 e. The maximum atomic E-state index is 5.33. The summed E-state index contributed by atoms with van der Waals surface area (Å²) in [5.41, 5.74) is 5.33. The van der Waals surface area contributed by atoms with E-state index < -0.39 is 0 Å². The highest BCUT2D eigenvalue weighted by Gasteiger charge is 2.16. The second-order valence-corrected chi connectivity index (χ2v) is 3.17. The minimum Gasteiger partial charge on any atom is -0.428 e. The number of hydrogen-bond acceptors (Lipinski definition) is 4. The summed E-state index contributed by atoms with van der Waals surface area (Å²) >= 11 is 0. The van der Waals surface area contributed by atoms with Gasteiger partial charge in [0.1, 0.15) is 5.76 Å². The number of anilines is 1. The summed E-state index contributed by atoms with van der Waals surface area (Å²) in [6.45, 7) is 0.745. The minimum atomic E-state index is 0.250. The van der Waals surface area contributed by atoms with Crippen molar-refractivity contribution in [3.05, 3.63) is 12.0 Å². The monoisotopic (exact) mass is 167 g/mol. The summed E-state index contributed by atoms with van der Waals surface area (Å²) < 4.78 is 5.11. The molecule has 1 heterocycles. The molecule has 0 aliphatic heterocycles. The SMILES string of the molecule is Nc1ncc(CNC2CCC2)o1. The fourth-order valence-corrected chi connectivity index (χ4v) is 1.26. The molecule has 0 bridgehead atoms. The summed E-state index contributed by atoms with van der Waals surface area (Å²) in [4.78, 5) is 3.81. The summed E-state index contributed by atoms with van der Waals surface area (Å²) in [5.74, 6) is 0.819. The van der Waals surface area contributed by atoms with Crippen LogP contribution >= 0.6 is 0 Å². The molecule has 0 unspecified atom stereocenters. The van der Waals surface area contributed by atoms with Crippen molar-refractivity contribution in [2.24, 2.45) is 0 Å². The van der Waals surface area contributed by atoms with Gasteiger partial charge in [-0.1, -0.05) is 6.42 Å². The highest BCUT2D eigenvalue weighted by Crippen LogP contribution is 2.18. The van der Waals surface area contributed by atoms with E-state index in [2.05, 4.69) is 10.3 Å². The quantitative estimate of drug-likeness (QED) is 0.702. The molecule has 2 rings (SSSR count). The van der Waals surface area contributed by atoms with E-state index in [1.54, 1.807) is 6.20 Å². The number of rotatable bonds is 3. The van der Waals surface area contributed by atoms with Gasteiger partial charge in [-0.25, -0.2) is 4.98 Å². The van der Waals surface area contributed by atoms with E-state index >= 15 is 0 Å². The molecule has 1 aliphatic rings. The van der Waals surface area contributed by atoms with Crippen molar-refractivity contribution in [2.45, 2.75) is 31.8 Å². The maximum absolute atomic E-state index is 5.33. The van der Waals surface area contributed by atoms with Gasteiger partial charge >= 0.3 is 0 Å². The third-order valence-electron chi connectivity index (χ3n) is 2.24. The van der Waals surface area contributed by atoms with E-state index in [1.165, 1.54) is 19.3 Å². The summed E-state index contributed by atoms with van der Waals surface area (Å²) in [6.07, 6.45) is 5.57. The Hall–Kier alpha value is -1.03. The van der Waals surface area contributed by atoms with Crippen LogP contribution in [0, 0.1) is 0 Å². The van der Waals surface area contributed by atoms with Crippen LogP contribution < -0.4 is 11.1 Å². The standard InChI is InChI=1S/C8H13N3O/c9-8-11-5-7(12-8)4-10-6-2-1-3-6/h5-6,10H,1-4H2,(H2,9,11). The molecule has 0 radical (unpaired) electrons. The Kier molecular flexibility index (Phi) is 1.99. The lowest BCUT2D eigenvalue weighted by molar-refractivity contribution is 0.326. The minimum absolute atomic E-state index is 0.250. The van der Waals surface area contributed by atoms with Gasteiger partial charge in [-0.15, -0.1) is 0 Å². The Balaban J connectivity index is 1.79. The van der Waals surface area contributed by atoms with Gasteiger partial charge in [-0.05, 0) is 12.8 Å². The van der Waals surface area contributed by atoms with Crippen molar-refractivity contribution in [3.8, 4) is 0 Å². The van der Waals surface area contributed by atoms with Crippen molar-refractivity contribution in [3.63, 3.8) is 0 Å². The molecule has 12 heavy (non-hydrogen) atoms. The highest BCUT2D eigenvalue weighted by molar-refractivity contribution is 5.10. The predicted molar refractivity (Wildman–Crippen MR) is 45.4 cm³/mol. The van der Waals surface area contributed by atoms with Gasteiger partial charge in [-0.3, -0.25) is 0 Å².